The van der Waals surface area contributed by atoms with E-state index in [1.807, 2.05) is 53.2 Å². The number of rotatable bonds is 5. The van der Waals surface area contributed by atoms with Crippen molar-refractivity contribution in [3.8, 4) is 0 Å². The van der Waals surface area contributed by atoms with E-state index in [1.54, 1.807) is 0 Å². The van der Waals surface area contributed by atoms with Gasteiger partial charge in [-0.15, -0.1) is 10.2 Å². The molecule has 0 saturated heterocycles. The van der Waals surface area contributed by atoms with E-state index in [4.69, 9.17) is 0 Å². The van der Waals surface area contributed by atoms with Gasteiger partial charge in [0.2, 0.25) is 5.91 Å². The lowest BCUT2D eigenvalue weighted by Crippen LogP contribution is -2.24. The average molecular weight is 319 g/mol. The van der Waals surface area contributed by atoms with Crippen molar-refractivity contribution in [1.82, 2.24) is 24.9 Å². The van der Waals surface area contributed by atoms with Gasteiger partial charge < -0.3 is 10.3 Å². The minimum absolute atomic E-state index is 0.00737. The number of carbonyl (C=O) groups is 1. The smallest absolute Gasteiger partial charge is 0.220 e. The van der Waals surface area contributed by atoms with Crippen molar-refractivity contribution >= 4 is 22.5 Å². The molecule has 0 spiro atoms. The van der Waals surface area contributed by atoms with Crippen molar-refractivity contribution in [2.75, 3.05) is 0 Å². The molecule has 1 amide bonds. The molecule has 2 N–H and O–H groups in total. The zero-order chi connectivity index (χ0) is 16.4. The van der Waals surface area contributed by atoms with Crippen LogP contribution in [0.15, 0.2) is 54.9 Å². The molecule has 0 aliphatic heterocycles. The molecule has 0 aliphatic carbocycles. The lowest BCUT2D eigenvalue weighted by molar-refractivity contribution is -0.121. The van der Waals surface area contributed by atoms with E-state index < -0.39 is 0 Å². The largest absolute Gasteiger partial charge is 0.361 e. The second-order valence-corrected chi connectivity index (χ2v) is 5.68. The molecule has 0 bridgehead atoms. The number of H-pyrrole nitrogens is 1. The second kappa shape index (κ2) is 6.16. The maximum absolute atomic E-state index is 12.1. The molecule has 0 saturated carbocycles. The molecule has 1 aromatic carbocycles. The maximum Gasteiger partial charge on any atom is 0.220 e. The molecule has 0 atom stereocenters. The number of pyridine rings is 1. The summed E-state index contributed by atoms with van der Waals surface area (Å²) in [6.07, 6.45) is 5.02. The Balaban J connectivity index is 1.37. The lowest BCUT2D eigenvalue weighted by atomic mass is 10.1. The van der Waals surface area contributed by atoms with Gasteiger partial charge in [-0.25, -0.2) is 0 Å². The van der Waals surface area contributed by atoms with Crippen LogP contribution in [0.2, 0.25) is 0 Å². The minimum atomic E-state index is 0.00737. The molecule has 0 radical (unpaired) electrons. The van der Waals surface area contributed by atoms with Gasteiger partial charge in [-0.2, -0.15) is 0 Å². The highest BCUT2D eigenvalue weighted by atomic mass is 16.1. The van der Waals surface area contributed by atoms with E-state index in [2.05, 4.69) is 26.6 Å². The van der Waals surface area contributed by atoms with Crippen molar-refractivity contribution in [1.29, 1.82) is 0 Å². The summed E-state index contributed by atoms with van der Waals surface area (Å²) >= 11 is 0. The standard InChI is InChI=1S/C18H17N5O/c24-18(9-8-13-11-19-15-6-2-1-5-14(13)15)20-12-17-22-21-16-7-3-4-10-23(16)17/h1-7,10-11,19H,8-9,12H2,(H,20,24). The fourth-order valence-corrected chi connectivity index (χ4v) is 2.86. The molecular formula is C18H17N5O. The van der Waals surface area contributed by atoms with Crippen LogP contribution >= 0.6 is 0 Å². The summed E-state index contributed by atoms with van der Waals surface area (Å²) in [5.41, 5.74) is 3.04. The van der Waals surface area contributed by atoms with Crippen LogP contribution in [-0.4, -0.2) is 25.5 Å². The molecule has 3 heterocycles. The molecule has 0 aliphatic rings. The Hall–Kier alpha value is -3.15. The predicted octanol–water partition coefficient (Wildman–Crippen LogP) is 2.46. The number of aryl methyl sites for hydroxylation is 1. The van der Waals surface area contributed by atoms with E-state index >= 15 is 0 Å². The first kappa shape index (κ1) is 14.4. The van der Waals surface area contributed by atoms with Crippen LogP contribution in [0, 0.1) is 0 Å². The molecule has 4 rings (SSSR count). The van der Waals surface area contributed by atoms with Gasteiger partial charge in [-0.3, -0.25) is 9.20 Å². The van der Waals surface area contributed by atoms with Crippen molar-refractivity contribution in [3.05, 3.63) is 66.2 Å². The van der Waals surface area contributed by atoms with E-state index in [1.165, 1.54) is 5.39 Å². The fraction of sp³-hybridized carbons (Fsp3) is 0.167. The summed E-state index contributed by atoms with van der Waals surface area (Å²) in [6, 6.07) is 13.8. The summed E-state index contributed by atoms with van der Waals surface area (Å²) in [4.78, 5) is 15.4. The SMILES string of the molecule is O=C(CCc1c[nH]c2ccccc12)NCc1nnc2ccccn12. The Kier molecular flexibility index (Phi) is 3.70. The van der Waals surface area contributed by atoms with Crippen LogP contribution in [-0.2, 0) is 17.8 Å². The highest BCUT2D eigenvalue weighted by Gasteiger charge is 2.09. The number of hydrogen-bond acceptors (Lipinski definition) is 3. The van der Waals surface area contributed by atoms with Crippen LogP contribution in [0.5, 0.6) is 0 Å². The molecule has 0 unspecified atom stereocenters. The van der Waals surface area contributed by atoms with Crippen LogP contribution < -0.4 is 5.32 Å². The van der Waals surface area contributed by atoms with Crippen LogP contribution in [0.3, 0.4) is 0 Å². The van der Waals surface area contributed by atoms with E-state index in [0.717, 1.165) is 22.6 Å². The van der Waals surface area contributed by atoms with Crippen molar-refractivity contribution in [2.45, 2.75) is 19.4 Å². The summed E-state index contributed by atoms with van der Waals surface area (Å²) in [5.74, 6) is 0.735. The Bertz CT molecular complexity index is 921. The normalized spacial score (nSPS) is 11.2. The van der Waals surface area contributed by atoms with Crippen LogP contribution in [0.4, 0.5) is 0 Å². The van der Waals surface area contributed by atoms with Crippen LogP contribution in [0.1, 0.15) is 17.8 Å². The average Bonchev–Trinajstić information content (AvgIpc) is 3.22. The van der Waals surface area contributed by atoms with Crippen molar-refractivity contribution in [3.63, 3.8) is 0 Å². The van der Waals surface area contributed by atoms with Gasteiger partial charge >= 0.3 is 0 Å². The third-order valence-corrected chi connectivity index (χ3v) is 4.12. The number of nitrogens with one attached hydrogen (secondary N) is 2. The van der Waals surface area contributed by atoms with Gasteiger partial charge in [-0.05, 0) is 30.2 Å². The third kappa shape index (κ3) is 2.74. The summed E-state index contributed by atoms with van der Waals surface area (Å²) in [6.45, 7) is 0.373. The zero-order valence-corrected chi connectivity index (χ0v) is 13.1. The summed E-state index contributed by atoms with van der Waals surface area (Å²) in [7, 11) is 0. The first-order chi connectivity index (χ1) is 11.8. The summed E-state index contributed by atoms with van der Waals surface area (Å²) in [5, 5.41) is 12.3. The number of amides is 1. The van der Waals surface area contributed by atoms with Gasteiger partial charge in [0.05, 0.1) is 6.54 Å². The number of benzene rings is 1. The van der Waals surface area contributed by atoms with Gasteiger partial charge in [0.25, 0.3) is 0 Å². The Labute approximate surface area is 138 Å². The van der Waals surface area contributed by atoms with Gasteiger partial charge in [-0.1, -0.05) is 24.3 Å². The molecule has 3 aromatic heterocycles. The molecule has 4 aromatic rings. The first-order valence-corrected chi connectivity index (χ1v) is 7.91. The molecular weight excluding hydrogens is 302 g/mol. The van der Waals surface area contributed by atoms with E-state index in [0.29, 0.717) is 19.4 Å². The van der Waals surface area contributed by atoms with Gasteiger partial charge in [0.1, 0.15) is 0 Å². The maximum atomic E-state index is 12.1. The molecule has 6 nitrogen and oxygen atoms in total. The minimum Gasteiger partial charge on any atom is -0.361 e. The number of carbonyl (C=O) groups excluding carboxylic acids is 1. The van der Waals surface area contributed by atoms with E-state index in [9.17, 15) is 4.79 Å². The second-order valence-electron chi connectivity index (χ2n) is 5.68. The zero-order valence-electron chi connectivity index (χ0n) is 13.1. The van der Waals surface area contributed by atoms with Crippen molar-refractivity contribution < 1.29 is 4.79 Å². The lowest BCUT2D eigenvalue weighted by Gasteiger charge is -2.04. The third-order valence-electron chi connectivity index (χ3n) is 4.12. The fourth-order valence-electron chi connectivity index (χ4n) is 2.86. The number of fused-ring (bicyclic) bond motifs is 2. The van der Waals surface area contributed by atoms with E-state index in [-0.39, 0.29) is 5.91 Å². The molecule has 6 heteroatoms. The Morgan fingerprint density at radius 2 is 2.00 bits per heavy atom. The highest BCUT2D eigenvalue weighted by molar-refractivity contribution is 5.84. The highest BCUT2D eigenvalue weighted by Crippen LogP contribution is 2.18. The Morgan fingerprint density at radius 1 is 1.12 bits per heavy atom. The first-order valence-electron chi connectivity index (χ1n) is 7.91. The number of para-hydroxylation sites is 1. The number of aromatic amines is 1. The monoisotopic (exact) mass is 319 g/mol. The molecule has 0 fully saturated rings. The predicted molar refractivity (Wildman–Crippen MR) is 91.5 cm³/mol. The number of nitrogens with zero attached hydrogens (tertiary/aromatic N) is 3. The van der Waals surface area contributed by atoms with Gasteiger partial charge in [0.15, 0.2) is 11.5 Å². The summed E-state index contributed by atoms with van der Waals surface area (Å²) < 4.78 is 1.87. The number of hydrogen-bond donors (Lipinski definition) is 2. The van der Waals surface area contributed by atoms with Crippen LogP contribution in [0.25, 0.3) is 16.6 Å². The van der Waals surface area contributed by atoms with Crippen molar-refractivity contribution in [2.24, 2.45) is 0 Å². The van der Waals surface area contributed by atoms with Gasteiger partial charge in [0, 0.05) is 29.7 Å². The number of aromatic nitrogens is 4. The topological polar surface area (TPSA) is 75.1 Å². The quantitative estimate of drug-likeness (QED) is 0.593. The Morgan fingerprint density at radius 3 is 2.96 bits per heavy atom. The molecule has 120 valence electrons. The molecule has 24 heavy (non-hydrogen) atoms.